The molecule has 1 radical (unpaired) electrons. The Bertz CT molecular complexity index is 2340. The molecule has 0 saturated heterocycles. The third-order valence-electron chi connectivity index (χ3n) is 10.1. The van der Waals surface area contributed by atoms with Crippen LogP contribution in [0.25, 0.3) is 55.6 Å². The summed E-state index contributed by atoms with van der Waals surface area (Å²) in [7, 11) is -1.37. The molecule has 54 heavy (non-hydrogen) atoms. The fraction of sp³-hybridized carbons (Fsp3) is 0.306. The van der Waals surface area contributed by atoms with Crippen LogP contribution in [0.1, 0.15) is 69.7 Å². The minimum Gasteiger partial charge on any atom is -0.501 e. The van der Waals surface area contributed by atoms with Gasteiger partial charge in [-0.25, -0.2) is 0 Å². The van der Waals surface area contributed by atoms with E-state index in [1.54, 1.807) is 0 Å². The molecule has 7 rings (SSSR count). The largest absolute Gasteiger partial charge is 0.501 e. The van der Waals surface area contributed by atoms with Crippen LogP contribution in [0.3, 0.4) is 0 Å². The number of furan rings is 1. The van der Waals surface area contributed by atoms with Crippen molar-refractivity contribution in [2.45, 2.75) is 87.4 Å². The zero-order valence-electron chi connectivity index (χ0n) is 33.8. The molecule has 0 N–H and O–H groups in total. The zero-order chi connectivity index (χ0) is 38.1. The first kappa shape index (κ1) is 41.0. The predicted octanol–water partition coefficient (Wildman–Crippen LogP) is 13.2. The normalized spacial score (nSPS) is 12.4. The van der Waals surface area contributed by atoms with E-state index in [0.29, 0.717) is 11.8 Å². The van der Waals surface area contributed by atoms with Gasteiger partial charge < -0.3 is 14.4 Å². The second-order valence-corrected chi connectivity index (χ2v) is 22.3. The fourth-order valence-electron chi connectivity index (χ4n) is 7.09. The molecule has 3 heterocycles. The van der Waals surface area contributed by atoms with Gasteiger partial charge in [0.25, 0.3) is 0 Å². The van der Waals surface area contributed by atoms with E-state index in [-0.39, 0.29) is 25.5 Å². The Hall–Kier alpha value is -4.15. The summed E-state index contributed by atoms with van der Waals surface area (Å²) >= 11 is 0. The van der Waals surface area contributed by atoms with Gasteiger partial charge in [-0.05, 0) is 77.4 Å². The van der Waals surface area contributed by atoms with Crippen LogP contribution in [0.2, 0.25) is 19.6 Å². The van der Waals surface area contributed by atoms with E-state index in [1.165, 1.54) is 38.6 Å². The van der Waals surface area contributed by atoms with Crippen molar-refractivity contribution in [3.05, 3.63) is 138 Å². The van der Waals surface area contributed by atoms with Crippen molar-refractivity contribution < 1.29 is 24.5 Å². The quantitative estimate of drug-likeness (QED) is 0.118. The van der Waals surface area contributed by atoms with Gasteiger partial charge in [-0.2, -0.15) is 0 Å². The van der Waals surface area contributed by atoms with E-state index in [0.717, 1.165) is 50.9 Å². The average Bonchev–Trinajstić information content (AvgIpc) is 3.48. The molecule has 0 saturated carbocycles. The van der Waals surface area contributed by atoms with Crippen LogP contribution in [0, 0.1) is 37.3 Å². The van der Waals surface area contributed by atoms with Crippen molar-refractivity contribution >= 4 is 35.2 Å². The van der Waals surface area contributed by atoms with Gasteiger partial charge in [-0.3, -0.25) is 0 Å². The maximum Gasteiger partial charge on any atom is 0.121 e. The van der Waals surface area contributed by atoms with E-state index in [1.807, 2.05) is 30.5 Å². The molecule has 3 aromatic heterocycles. The van der Waals surface area contributed by atoms with Crippen molar-refractivity contribution in [3.8, 4) is 33.6 Å². The van der Waals surface area contributed by atoms with E-state index in [2.05, 4.69) is 165 Å². The molecule has 0 amide bonds. The Morgan fingerprint density at radius 3 is 2.13 bits per heavy atom. The maximum atomic E-state index is 6.44. The Morgan fingerprint density at radius 2 is 1.48 bits per heavy atom. The molecule has 0 bridgehead atoms. The number of hydrogen-bond acceptors (Lipinski definition) is 3. The monoisotopic (exact) mass is 907 g/mol. The Labute approximate surface area is 338 Å². The molecule has 1 atom stereocenters. The average molecular weight is 907 g/mol. The number of aryl methyl sites for hydroxylation is 2. The number of pyridine rings is 2. The number of hydrogen-bond donors (Lipinski definition) is 0. The topological polar surface area (TPSA) is 38.9 Å². The number of benzene rings is 4. The van der Waals surface area contributed by atoms with E-state index >= 15 is 0 Å². The molecule has 4 aromatic carbocycles. The van der Waals surface area contributed by atoms with Gasteiger partial charge in [0.2, 0.25) is 0 Å². The standard InChI is InChI=1S/C30H28NO.C19H26NSi.Ir/c1-18(2)21(5)22-11-12-31-28(16-22)27-8-6-7-26-25-10-9-23(17-29(25)32-30(26)27)24-14-19(3)13-20(4)15-24;1-19(2,3)13-16-12-17(15-10-8-7-9-11-15)20-14-18(16)21(4,5)6;/h6-7,9-18,21H,1-5H3;7-10,12,14H,13H2,1-6H3;/q2*-1;. The number of aromatic nitrogens is 2. The summed E-state index contributed by atoms with van der Waals surface area (Å²) in [5.41, 5.74) is 13.6. The van der Waals surface area contributed by atoms with Gasteiger partial charge in [0, 0.05) is 37.9 Å². The molecule has 1 unspecified atom stereocenters. The molecular formula is C49H54IrN2OSi-2. The van der Waals surface area contributed by atoms with Crippen LogP contribution in [0.15, 0.2) is 108 Å². The first-order valence-electron chi connectivity index (χ1n) is 19.0. The minimum atomic E-state index is -1.37. The maximum absolute atomic E-state index is 6.44. The molecule has 0 aliphatic rings. The number of fused-ring (bicyclic) bond motifs is 3. The van der Waals surface area contributed by atoms with E-state index < -0.39 is 8.07 Å². The summed E-state index contributed by atoms with van der Waals surface area (Å²) in [6, 6.07) is 38.5. The van der Waals surface area contributed by atoms with Crippen LogP contribution in [-0.4, -0.2) is 18.0 Å². The summed E-state index contributed by atoms with van der Waals surface area (Å²) in [6.07, 6.45) is 5.11. The van der Waals surface area contributed by atoms with Gasteiger partial charge >= 0.3 is 0 Å². The molecule has 7 aromatic rings. The zero-order valence-corrected chi connectivity index (χ0v) is 37.2. The van der Waals surface area contributed by atoms with Gasteiger partial charge in [0.05, 0.1) is 13.7 Å². The summed E-state index contributed by atoms with van der Waals surface area (Å²) in [6.45, 7) is 25.1. The Balaban J connectivity index is 0.000000223. The Kier molecular flexibility index (Phi) is 12.7. The molecule has 0 aliphatic carbocycles. The van der Waals surface area contributed by atoms with Crippen molar-refractivity contribution in [3.63, 3.8) is 0 Å². The van der Waals surface area contributed by atoms with Crippen molar-refractivity contribution in [1.82, 2.24) is 9.97 Å². The van der Waals surface area contributed by atoms with E-state index in [9.17, 15) is 0 Å². The van der Waals surface area contributed by atoms with Crippen molar-refractivity contribution in [2.24, 2.45) is 11.3 Å². The van der Waals surface area contributed by atoms with Crippen LogP contribution < -0.4 is 5.19 Å². The van der Waals surface area contributed by atoms with Crippen LogP contribution in [0.4, 0.5) is 0 Å². The molecule has 0 fully saturated rings. The third-order valence-corrected chi connectivity index (χ3v) is 12.1. The molecule has 281 valence electrons. The minimum absolute atomic E-state index is 0. The third kappa shape index (κ3) is 9.55. The molecule has 0 aliphatic heterocycles. The van der Waals surface area contributed by atoms with Crippen LogP contribution in [-0.2, 0) is 26.5 Å². The van der Waals surface area contributed by atoms with Crippen molar-refractivity contribution in [2.75, 3.05) is 0 Å². The van der Waals surface area contributed by atoms with Gasteiger partial charge in [0.15, 0.2) is 0 Å². The first-order valence-corrected chi connectivity index (χ1v) is 22.5. The van der Waals surface area contributed by atoms with Crippen LogP contribution >= 0.6 is 0 Å². The molecule has 3 nitrogen and oxygen atoms in total. The molecular weight excluding hydrogens is 853 g/mol. The number of nitrogens with zero attached hydrogens (tertiary/aromatic N) is 2. The summed E-state index contributed by atoms with van der Waals surface area (Å²) in [5.74, 6) is 1.03. The second-order valence-electron chi connectivity index (χ2n) is 17.3. The summed E-state index contributed by atoms with van der Waals surface area (Å²) in [4.78, 5) is 9.37. The van der Waals surface area contributed by atoms with E-state index in [4.69, 9.17) is 9.40 Å². The molecule has 0 spiro atoms. The fourth-order valence-corrected chi connectivity index (χ4v) is 8.67. The second kappa shape index (κ2) is 16.7. The van der Waals surface area contributed by atoms with Gasteiger partial charge in [-0.15, -0.1) is 54.1 Å². The predicted molar refractivity (Wildman–Crippen MR) is 229 cm³/mol. The van der Waals surface area contributed by atoms with Gasteiger partial charge in [0.1, 0.15) is 5.58 Å². The Morgan fingerprint density at radius 1 is 0.741 bits per heavy atom. The van der Waals surface area contributed by atoms with Crippen LogP contribution in [0.5, 0.6) is 0 Å². The van der Waals surface area contributed by atoms with Gasteiger partial charge in [-0.1, -0.05) is 137 Å². The number of rotatable bonds is 7. The smallest absolute Gasteiger partial charge is 0.121 e. The summed E-state index contributed by atoms with van der Waals surface area (Å²) in [5, 5.41) is 3.71. The molecule has 5 heteroatoms. The summed E-state index contributed by atoms with van der Waals surface area (Å²) < 4.78 is 6.44. The SMILES string of the molecule is CC(C)(C)Cc1cc(-c2[c-]cccc2)ncc1[Si](C)(C)C.Cc1cc(C)cc(-c2ccc3c(c2)oc2c(-c4cc(C(C)C(C)C)ccn4)[c-]ccc23)c1.[Ir]. The van der Waals surface area contributed by atoms with Crippen molar-refractivity contribution in [1.29, 1.82) is 0 Å². The first-order chi connectivity index (χ1) is 25.1.